The van der Waals surface area contributed by atoms with Crippen LogP contribution in [0, 0.1) is 23.7 Å². The number of benzene rings is 1. The Balaban J connectivity index is 1.60. The first kappa shape index (κ1) is 22.8. The van der Waals surface area contributed by atoms with Crippen molar-refractivity contribution in [3.63, 3.8) is 0 Å². The molecule has 4 aliphatic heterocycles. The molecule has 4 aliphatic rings. The highest BCUT2D eigenvalue weighted by molar-refractivity contribution is 7.42. The highest BCUT2D eigenvalue weighted by Crippen LogP contribution is 2.75. The van der Waals surface area contributed by atoms with Gasteiger partial charge in [-0.1, -0.05) is 48.6 Å². The average Bonchev–Trinajstić information content (AvgIpc) is 3.53. The van der Waals surface area contributed by atoms with Crippen LogP contribution in [0.1, 0.15) is 62.5 Å². The zero-order valence-corrected chi connectivity index (χ0v) is 21.6. The Morgan fingerprint density at radius 3 is 1.47 bits per heavy atom. The number of hydrogen-bond acceptors (Lipinski definition) is 0. The molecular weight excluding hydrogens is 422 g/mol. The molecule has 170 valence electrons. The number of rotatable bonds is 10. The maximum Gasteiger partial charge on any atom is 0.0166 e. The lowest BCUT2D eigenvalue weighted by Crippen LogP contribution is -2.37. The van der Waals surface area contributed by atoms with Gasteiger partial charge in [0.1, 0.15) is 0 Å². The zero-order valence-electron chi connectivity index (χ0n) is 19.6. The number of fused-ring (bicyclic) bond motifs is 4. The molecule has 1 aromatic carbocycles. The zero-order chi connectivity index (χ0) is 22.3. The summed E-state index contributed by atoms with van der Waals surface area (Å²) in [5, 5.41) is 0.741. The van der Waals surface area contributed by atoms with Crippen LogP contribution in [0.15, 0.2) is 74.9 Å². The van der Waals surface area contributed by atoms with Gasteiger partial charge >= 0.3 is 0 Å². The van der Waals surface area contributed by atoms with Gasteiger partial charge in [0, 0.05) is 10.3 Å². The van der Waals surface area contributed by atoms with Crippen LogP contribution >= 0.6 is 17.2 Å². The quantitative estimate of drug-likeness (QED) is 0.241. The molecule has 4 fully saturated rings. The topological polar surface area (TPSA) is 0 Å². The van der Waals surface area contributed by atoms with Gasteiger partial charge in [0.25, 0.3) is 0 Å². The Labute approximate surface area is 199 Å². The van der Waals surface area contributed by atoms with E-state index in [0.717, 1.165) is 52.2 Å². The van der Waals surface area contributed by atoms with Crippen LogP contribution in [-0.2, 0) is 10.3 Å². The minimum atomic E-state index is 0.371. The normalized spacial score (nSPS) is 43.1. The fourth-order valence-corrected chi connectivity index (χ4v) is 13.8. The third-order valence-corrected chi connectivity index (χ3v) is 14.3. The number of hydrogen-bond donors (Lipinski definition) is 0. The van der Waals surface area contributed by atoms with Gasteiger partial charge in [-0.05, 0) is 97.5 Å². The maximum absolute atomic E-state index is 4.16. The first-order valence-corrected chi connectivity index (χ1v) is 14.9. The van der Waals surface area contributed by atoms with Crippen molar-refractivity contribution in [2.75, 3.05) is 0 Å². The summed E-state index contributed by atoms with van der Waals surface area (Å²) < 4.78 is 0. The van der Waals surface area contributed by atoms with Gasteiger partial charge in [-0.25, -0.2) is 0 Å². The van der Waals surface area contributed by atoms with E-state index in [1.165, 1.54) is 51.4 Å². The molecule has 0 N–H and O–H groups in total. The molecular formula is C30H40P2. The third-order valence-electron chi connectivity index (χ3n) is 9.39. The van der Waals surface area contributed by atoms with Crippen molar-refractivity contribution in [3.8, 4) is 0 Å². The smallest absolute Gasteiger partial charge is 0.0166 e. The summed E-state index contributed by atoms with van der Waals surface area (Å²) in [4.78, 5) is 0. The fraction of sp³-hybridized carbons (Fsp3) is 0.533. The van der Waals surface area contributed by atoms with Crippen molar-refractivity contribution in [1.29, 1.82) is 0 Å². The van der Waals surface area contributed by atoms with Crippen molar-refractivity contribution in [2.24, 2.45) is 23.7 Å². The van der Waals surface area contributed by atoms with E-state index in [9.17, 15) is 0 Å². The maximum atomic E-state index is 4.16. The van der Waals surface area contributed by atoms with Gasteiger partial charge in [0.15, 0.2) is 0 Å². The molecule has 32 heavy (non-hydrogen) atoms. The first-order chi connectivity index (χ1) is 15.6. The molecule has 5 rings (SSSR count). The summed E-state index contributed by atoms with van der Waals surface area (Å²) in [6.07, 6.45) is 19.0. The molecule has 0 aromatic heterocycles. The van der Waals surface area contributed by atoms with E-state index in [2.05, 4.69) is 74.9 Å². The second-order valence-corrected chi connectivity index (χ2v) is 14.7. The van der Waals surface area contributed by atoms with Crippen LogP contribution in [-0.4, -0.2) is 11.3 Å². The summed E-state index contributed by atoms with van der Waals surface area (Å²) in [5.41, 5.74) is 5.26. The molecule has 0 aliphatic carbocycles. The molecule has 1 aromatic rings. The van der Waals surface area contributed by atoms with Crippen LogP contribution in [0.25, 0.3) is 0 Å². The molecule has 4 heterocycles. The van der Waals surface area contributed by atoms with E-state index >= 15 is 0 Å². The monoisotopic (exact) mass is 462 g/mol. The lowest BCUT2D eigenvalue weighted by molar-refractivity contribution is 0.238. The molecule has 0 saturated carbocycles. The standard InChI is InChI=1S/C30H40P2/c1-5-11-21-19-29(23(13-7-3)17-27(21)31-29)25-15-9-10-16-26(25)30-20-22(12-6-2)28(32-30)18-24(30)14-8-4/h5-10,15-16,21-24,27-28,31-32H,1-4,11-14,17-20H2/t21-,22-,23?,24?,27-,28-,29-,30-/m1/s1. The van der Waals surface area contributed by atoms with Gasteiger partial charge in [0.05, 0.1) is 0 Å². The lowest BCUT2D eigenvalue weighted by Gasteiger charge is -2.44. The largest absolute Gasteiger partial charge is 0.107 e. The molecule has 4 bridgehead atoms. The summed E-state index contributed by atoms with van der Waals surface area (Å²) in [5.74, 6) is 3.20. The highest BCUT2D eigenvalue weighted by Gasteiger charge is 2.61. The van der Waals surface area contributed by atoms with Gasteiger partial charge in [-0.2, -0.15) is 0 Å². The van der Waals surface area contributed by atoms with E-state index in [-0.39, 0.29) is 0 Å². The summed E-state index contributed by atoms with van der Waals surface area (Å²) in [6.45, 7) is 16.5. The second kappa shape index (κ2) is 9.01. The SMILES string of the molecule is C=CCC1C[C@H]2P[C@]1(c1ccccc1[C@@]13C[C@@H](CC=C)[C@@H](CC1CC=C)P3)C[C@H]2CC=C. The third kappa shape index (κ3) is 3.39. The second-order valence-electron chi connectivity index (χ2n) is 10.9. The Kier molecular flexibility index (Phi) is 6.42. The van der Waals surface area contributed by atoms with Crippen LogP contribution in [0.4, 0.5) is 0 Å². The van der Waals surface area contributed by atoms with Gasteiger partial charge < -0.3 is 0 Å². The minimum absolute atomic E-state index is 0.371. The van der Waals surface area contributed by atoms with Crippen LogP contribution in [0.5, 0.6) is 0 Å². The molecule has 0 nitrogen and oxygen atoms in total. The lowest BCUT2D eigenvalue weighted by atomic mass is 9.64. The van der Waals surface area contributed by atoms with E-state index in [4.69, 9.17) is 0 Å². The molecule has 4 unspecified atom stereocenters. The Hall–Kier alpha value is -0.960. The van der Waals surface area contributed by atoms with Gasteiger partial charge in [-0.15, -0.1) is 43.5 Å². The van der Waals surface area contributed by atoms with Crippen molar-refractivity contribution >= 4 is 17.2 Å². The molecule has 0 spiro atoms. The summed E-state index contributed by atoms with van der Waals surface area (Å²) in [6, 6.07) is 9.77. The van der Waals surface area contributed by atoms with Crippen molar-refractivity contribution in [3.05, 3.63) is 86.0 Å². The van der Waals surface area contributed by atoms with Crippen LogP contribution < -0.4 is 0 Å². The van der Waals surface area contributed by atoms with Crippen molar-refractivity contribution in [2.45, 2.75) is 73.0 Å². The van der Waals surface area contributed by atoms with Crippen molar-refractivity contribution in [1.82, 2.24) is 0 Å². The first-order valence-electron chi connectivity index (χ1n) is 12.7. The van der Waals surface area contributed by atoms with Gasteiger partial charge in [-0.3, -0.25) is 0 Å². The highest BCUT2D eigenvalue weighted by atomic mass is 31.1. The Morgan fingerprint density at radius 1 is 0.688 bits per heavy atom. The predicted molar refractivity (Wildman–Crippen MR) is 146 cm³/mol. The summed E-state index contributed by atoms with van der Waals surface area (Å²) in [7, 11) is 2.14. The van der Waals surface area contributed by atoms with Gasteiger partial charge in [0.2, 0.25) is 0 Å². The summed E-state index contributed by atoms with van der Waals surface area (Å²) >= 11 is 0. The Morgan fingerprint density at radius 2 is 1.09 bits per heavy atom. The van der Waals surface area contributed by atoms with E-state index in [1.54, 1.807) is 11.1 Å². The van der Waals surface area contributed by atoms with E-state index in [1.807, 2.05) is 0 Å². The molecule has 0 amide bonds. The molecule has 10 atom stereocenters. The number of allylic oxidation sites excluding steroid dienone is 4. The van der Waals surface area contributed by atoms with Crippen LogP contribution in [0.3, 0.4) is 0 Å². The average molecular weight is 463 g/mol. The Bertz CT molecular complexity index is 829. The molecule has 4 saturated heterocycles. The van der Waals surface area contributed by atoms with Crippen molar-refractivity contribution < 1.29 is 0 Å². The minimum Gasteiger partial charge on any atom is -0.107 e. The van der Waals surface area contributed by atoms with E-state index in [0.29, 0.717) is 10.3 Å². The molecule has 2 heteroatoms. The van der Waals surface area contributed by atoms with Crippen LogP contribution in [0.2, 0.25) is 0 Å². The fourth-order valence-electron chi connectivity index (χ4n) is 8.21. The van der Waals surface area contributed by atoms with E-state index < -0.39 is 0 Å². The predicted octanol–water partition coefficient (Wildman–Crippen LogP) is 8.56. The molecule has 0 radical (unpaired) electrons.